The smallest absolute Gasteiger partial charge is 0.238 e. The van der Waals surface area contributed by atoms with E-state index in [2.05, 4.69) is 10.6 Å². The topological polar surface area (TPSA) is 84.2 Å². The van der Waals surface area contributed by atoms with E-state index < -0.39 is 29.1 Å². The number of anilines is 1. The van der Waals surface area contributed by atoms with Crippen LogP contribution < -0.4 is 16.4 Å². The summed E-state index contributed by atoms with van der Waals surface area (Å²) in [6.07, 6.45) is 0.716. The van der Waals surface area contributed by atoms with Gasteiger partial charge in [-0.05, 0) is 25.1 Å². The molecule has 0 spiro atoms. The highest BCUT2D eigenvalue weighted by Gasteiger charge is 2.11. The second kappa shape index (κ2) is 7.42. The zero-order valence-corrected chi connectivity index (χ0v) is 10.2. The van der Waals surface area contributed by atoms with Gasteiger partial charge in [-0.3, -0.25) is 9.59 Å². The molecule has 0 atom stereocenters. The molecular weight excluding hydrogens is 256 g/mol. The summed E-state index contributed by atoms with van der Waals surface area (Å²) in [6, 6.07) is 3.32. The van der Waals surface area contributed by atoms with Crippen molar-refractivity contribution >= 4 is 17.5 Å². The van der Waals surface area contributed by atoms with E-state index in [0.29, 0.717) is 13.0 Å². The maximum absolute atomic E-state index is 13.2. The highest BCUT2D eigenvalue weighted by molar-refractivity contribution is 5.92. The van der Waals surface area contributed by atoms with Crippen molar-refractivity contribution in [1.82, 2.24) is 5.32 Å². The minimum atomic E-state index is -0.831. The maximum atomic E-state index is 13.2. The Hall–Kier alpha value is -2.02. The number of para-hydroxylation sites is 1. The van der Waals surface area contributed by atoms with E-state index in [1.807, 2.05) is 0 Å². The first-order valence-electron chi connectivity index (χ1n) is 5.73. The van der Waals surface area contributed by atoms with Crippen molar-refractivity contribution in [2.45, 2.75) is 12.8 Å². The molecule has 0 aliphatic rings. The molecule has 1 aromatic rings. The Morgan fingerprint density at radius 3 is 2.42 bits per heavy atom. The number of benzene rings is 1. The van der Waals surface area contributed by atoms with Crippen LogP contribution >= 0.6 is 0 Å². The molecule has 0 aromatic heterocycles. The number of carbonyl (C=O) groups is 2. The first-order valence-corrected chi connectivity index (χ1v) is 5.73. The van der Waals surface area contributed by atoms with E-state index >= 15 is 0 Å². The fourth-order valence-corrected chi connectivity index (χ4v) is 1.39. The first-order chi connectivity index (χ1) is 9.00. The van der Waals surface area contributed by atoms with E-state index in [-0.39, 0.29) is 13.0 Å². The van der Waals surface area contributed by atoms with E-state index in [4.69, 9.17) is 5.73 Å². The molecule has 0 aliphatic carbocycles. The molecule has 0 heterocycles. The molecule has 104 valence electrons. The van der Waals surface area contributed by atoms with Gasteiger partial charge >= 0.3 is 0 Å². The van der Waals surface area contributed by atoms with Crippen LogP contribution in [-0.4, -0.2) is 24.9 Å². The quantitative estimate of drug-likeness (QED) is 0.640. The Kier molecular flexibility index (Phi) is 5.87. The minimum absolute atomic E-state index is 0.105. The molecule has 0 unspecified atom stereocenters. The summed E-state index contributed by atoms with van der Waals surface area (Å²) < 4.78 is 26.4. The Labute approximate surface area is 109 Å². The molecule has 19 heavy (non-hydrogen) atoms. The summed E-state index contributed by atoms with van der Waals surface area (Å²) in [4.78, 5) is 21.9. The molecule has 0 saturated heterocycles. The fourth-order valence-electron chi connectivity index (χ4n) is 1.39. The van der Waals surface area contributed by atoms with Gasteiger partial charge in [0, 0.05) is 6.42 Å². The Morgan fingerprint density at radius 2 is 1.84 bits per heavy atom. The van der Waals surface area contributed by atoms with Crippen LogP contribution in [0, 0.1) is 11.6 Å². The number of hydrogen-bond acceptors (Lipinski definition) is 3. The summed E-state index contributed by atoms with van der Waals surface area (Å²) in [5, 5.41) is 4.87. The largest absolute Gasteiger partial charge is 0.370 e. The van der Waals surface area contributed by atoms with Crippen LogP contribution in [0.3, 0.4) is 0 Å². The Bertz CT molecular complexity index is 446. The third kappa shape index (κ3) is 5.43. The number of carbonyl (C=O) groups excluding carboxylic acids is 2. The van der Waals surface area contributed by atoms with Crippen LogP contribution in [0.1, 0.15) is 12.8 Å². The van der Waals surface area contributed by atoms with E-state index in [9.17, 15) is 18.4 Å². The molecule has 5 nitrogen and oxygen atoms in total. The lowest BCUT2D eigenvalue weighted by molar-refractivity contribution is -0.118. The average Bonchev–Trinajstić information content (AvgIpc) is 2.33. The van der Waals surface area contributed by atoms with Gasteiger partial charge in [0.15, 0.2) is 0 Å². The fraction of sp³-hybridized carbons (Fsp3) is 0.333. The monoisotopic (exact) mass is 271 g/mol. The summed E-state index contributed by atoms with van der Waals surface area (Å²) in [6.45, 7) is 0.308. The van der Waals surface area contributed by atoms with Crippen molar-refractivity contribution in [3.63, 3.8) is 0 Å². The van der Waals surface area contributed by atoms with Gasteiger partial charge in [-0.1, -0.05) is 6.07 Å². The molecule has 4 N–H and O–H groups in total. The minimum Gasteiger partial charge on any atom is -0.370 e. The number of rotatable bonds is 7. The van der Waals surface area contributed by atoms with Crippen LogP contribution in [0.2, 0.25) is 0 Å². The van der Waals surface area contributed by atoms with Crippen molar-refractivity contribution in [3.8, 4) is 0 Å². The molecule has 1 aromatic carbocycles. The molecule has 2 amide bonds. The molecule has 0 fully saturated rings. The SMILES string of the molecule is NC(=O)CCCNCC(=O)Nc1c(F)cccc1F. The van der Waals surface area contributed by atoms with Crippen LogP contribution in [-0.2, 0) is 9.59 Å². The predicted molar refractivity (Wildman–Crippen MR) is 66.3 cm³/mol. The van der Waals surface area contributed by atoms with E-state index in [0.717, 1.165) is 12.1 Å². The van der Waals surface area contributed by atoms with Gasteiger partial charge in [-0.2, -0.15) is 0 Å². The number of primary amides is 1. The van der Waals surface area contributed by atoms with Gasteiger partial charge in [-0.15, -0.1) is 0 Å². The van der Waals surface area contributed by atoms with Crippen molar-refractivity contribution in [3.05, 3.63) is 29.8 Å². The predicted octanol–water partition coefficient (Wildman–Crippen LogP) is 0.758. The highest BCUT2D eigenvalue weighted by atomic mass is 19.1. The lowest BCUT2D eigenvalue weighted by atomic mass is 10.3. The lowest BCUT2D eigenvalue weighted by Gasteiger charge is -2.08. The number of hydrogen-bond donors (Lipinski definition) is 3. The lowest BCUT2D eigenvalue weighted by Crippen LogP contribution is -2.29. The normalized spacial score (nSPS) is 10.2. The van der Waals surface area contributed by atoms with Crippen LogP contribution in [0.5, 0.6) is 0 Å². The Balaban J connectivity index is 2.33. The van der Waals surface area contributed by atoms with Gasteiger partial charge in [0.05, 0.1) is 6.54 Å². The van der Waals surface area contributed by atoms with Crippen LogP contribution in [0.4, 0.5) is 14.5 Å². The van der Waals surface area contributed by atoms with E-state index in [1.54, 1.807) is 0 Å². The second-order valence-corrected chi connectivity index (χ2v) is 3.89. The molecule has 0 saturated carbocycles. The second-order valence-electron chi connectivity index (χ2n) is 3.89. The molecule has 0 bridgehead atoms. The first kappa shape index (κ1) is 15.0. The molecule has 7 heteroatoms. The van der Waals surface area contributed by atoms with Gasteiger partial charge in [0.1, 0.15) is 17.3 Å². The third-order valence-corrected chi connectivity index (χ3v) is 2.29. The Morgan fingerprint density at radius 1 is 1.21 bits per heavy atom. The van der Waals surface area contributed by atoms with Crippen LogP contribution in [0.25, 0.3) is 0 Å². The van der Waals surface area contributed by atoms with Crippen molar-refractivity contribution in [1.29, 1.82) is 0 Å². The zero-order chi connectivity index (χ0) is 14.3. The third-order valence-electron chi connectivity index (χ3n) is 2.29. The van der Waals surface area contributed by atoms with Gasteiger partial charge in [0.25, 0.3) is 0 Å². The standard InChI is InChI=1S/C12H15F2N3O2/c13-8-3-1-4-9(14)12(8)17-11(19)7-16-6-2-5-10(15)18/h1,3-4,16H,2,5-7H2,(H2,15,18)(H,17,19). The van der Waals surface area contributed by atoms with Crippen LogP contribution in [0.15, 0.2) is 18.2 Å². The highest BCUT2D eigenvalue weighted by Crippen LogP contribution is 2.17. The van der Waals surface area contributed by atoms with Gasteiger partial charge in [-0.25, -0.2) is 8.78 Å². The summed E-state index contributed by atoms with van der Waals surface area (Å²) in [5.74, 6) is -2.65. The van der Waals surface area contributed by atoms with E-state index in [1.165, 1.54) is 6.07 Å². The summed E-state index contributed by atoms with van der Waals surface area (Å²) in [7, 11) is 0. The maximum Gasteiger partial charge on any atom is 0.238 e. The van der Waals surface area contributed by atoms with Gasteiger partial charge in [0.2, 0.25) is 11.8 Å². The van der Waals surface area contributed by atoms with Crippen molar-refractivity contribution in [2.75, 3.05) is 18.4 Å². The number of nitrogens with two attached hydrogens (primary N) is 1. The molecule has 0 radical (unpaired) electrons. The molecule has 1 rings (SSSR count). The average molecular weight is 271 g/mol. The summed E-state index contributed by atoms with van der Waals surface area (Å²) in [5.41, 5.74) is 4.47. The van der Waals surface area contributed by atoms with Crippen molar-refractivity contribution < 1.29 is 18.4 Å². The van der Waals surface area contributed by atoms with Gasteiger partial charge < -0.3 is 16.4 Å². The number of halogens is 2. The number of nitrogens with one attached hydrogen (secondary N) is 2. The van der Waals surface area contributed by atoms with Crippen molar-refractivity contribution in [2.24, 2.45) is 5.73 Å². The summed E-state index contributed by atoms with van der Waals surface area (Å²) >= 11 is 0. The number of amides is 2. The zero-order valence-electron chi connectivity index (χ0n) is 10.2. The molecular formula is C12H15F2N3O2. The molecule has 0 aliphatic heterocycles.